The number of aryl methyl sites for hydroxylation is 1. The third-order valence-electron chi connectivity index (χ3n) is 4.69. The molecule has 1 aromatic carbocycles. The molecule has 0 saturated heterocycles. The van der Waals surface area contributed by atoms with Crippen LogP contribution < -0.4 is 16.3 Å². The maximum Gasteiger partial charge on any atom is 0.332 e. The molecular weight excluding hydrogens is 332 g/mol. The van der Waals surface area contributed by atoms with Gasteiger partial charge in [-0.3, -0.25) is 18.5 Å². The van der Waals surface area contributed by atoms with Crippen LogP contribution >= 0.6 is 0 Å². The molecule has 0 bridgehead atoms. The summed E-state index contributed by atoms with van der Waals surface area (Å²) in [5.74, 6) is 0.597. The zero-order valence-corrected chi connectivity index (χ0v) is 15.0. The number of hydrogen-bond donors (Lipinski definition) is 0. The van der Waals surface area contributed by atoms with Crippen molar-refractivity contribution in [1.82, 2.24) is 18.7 Å². The Morgan fingerprint density at radius 3 is 2.54 bits per heavy atom. The van der Waals surface area contributed by atoms with Gasteiger partial charge in [0.1, 0.15) is 0 Å². The summed E-state index contributed by atoms with van der Waals surface area (Å²) in [4.78, 5) is 29.4. The largest absolute Gasteiger partial charge is 0.332 e. The Labute approximate surface area is 149 Å². The van der Waals surface area contributed by atoms with E-state index in [1.807, 2.05) is 34.7 Å². The molecule has 0 fully saturated rings. The molecule has 134 valence electrons. The Balaban J connectivity index is 1.82. The van der Waals surface area contributed by atoms with Gasteiger partial charge in [0.2, 0.25) is 5.95 Å². The minimum atomic E-state index is -0.383. The number of hydrazone groups is 1. The molecule has 0 spiro atoms. The summed E-state index contributed by atoms with van der Waals surface area (Å²) >= 11 is 0. The highest BCUT2D eigenvalue weighted by Crippen LogP contribution is 2.23. The molecule has 0 amide bonds. The fourth-order valence-corrected chi connectivity index (χ4v) is 3.32. The second kappa shape index (κ2) is 5.98. The molecule has 1 aliphatic heterocycles. The van der Waals surface area contributed by atoms with E-state index in [1.54, 1.807) is 7.05 Å². The summed E-state index contributed by atoms with van der Waals surface area (Å²) in [6.07, 6.45) is 0.803. The number of rotatable bonds is 3. The van der Waals surface area contributed by atoms with Gasteiger partial charge >= 0.3 is 5.69 Å². The minimum absolute atomic E-state index is 0.334. The standard InChI is InChI=1S/C18H20N6O2/c1-12-11-23-14-15(21(2)18(26)22(3)16(14)25)19-17(23)24(20-12)10-9-13-7-5-4-6-8-13/h4-8H,9-11H2,1-3H3. The second-order valence-electron chi connectivity index (χ2n) is 6.57. The lowest BCUT2D eigenvalue weighted by molar-refractivity contribution is 0.697. The monoisotopic (exact) mass is 352 g/mol. The summed E-state index contributed by atoms with van der Waals surface area (Å²) in [6, 6.07) is 10.2. The van der Waals surface area contributed by atoms with E-state index in [9.17, 15) is 9.59 Å². The molecule has 1 aliphatic rings. The normalized spacial score (nSPS) is 13.8. The lowest BCUT2D eigenvalue weighted by atomic mass is 10.1. The summed E-state index contributed by atoms with van der Waals surface area (Å²) < 4.78 is 4.38. The van der Waals surface area contributed by atoms with E-state index < -0.39 is 0 Å². The number of aromatic nitrogens is 4. The molecule has 3 heterocycles. The molecule has 26 heavy (non-hydrogen) atoms. The third-order valence-corrected chi connectivity index (χ3v) is 4.69. The average Bonchev–Trinajstić information content (AvgIpc) is 3.03. The van der Waals surface area contributed by atoms with Gasteiger partial charge in [0.25, 0.3) is 5.56 Å². The smallest absolute Gasteiger partial charge is 0.297 e. The van der Waals surface area contributed by atoms with Crippen LogP contribution in [0.2, 0.25) is 0 Å². The number of nitrogens with zero attached hydrogens (tertiary/aromatic N) is 6. The van der Waals surface area contributed by atoms with Crippen molar-refractivity contribution < 1.29 is 0 Å². The Morgan fingerprint density at radius 2 is 1.81 bits per heavy atom. The van der Waals surface area contributed by atoms with Crippen molar-refractivity contribution in [3.63, 3.8) is 0 Å². The van der Waals surface area contributed by atoms with Gasteiger partial charge in [0.05, 0.1) is 12.3 Å². The molecule has 0 N–H and O–H groups in total. The third kappa shape index (κ3) is 2.45. The zero-order valence-electron chi connectivity index (χ0n) is 15.0. The van der Waals surface area contributed by atoms with Gasteiger partial charge in [-0.05, 0) is 18.9 Å². The maximum atomic E-state index is 12.7. The van der Waals surface area contributed by atoms with E-state index in [0.717, 1.165) is 16.7 Å². The van der Waals surface area contributed by atoms with Gasteiger partial charge in [0, 0.05) is 20.6 Å². The van der Waals surface area contributed by atoms with Gasteiger partial charge in [-0.2, -0.15) is 10.1 Å². The number of fused-ring (bicyclic) bond motifs is 3. The van der Waals surface area contributed by atoms with Crippen LogP contribution in [-0.4, -0.2) is 30.9 Å². The molecule has 8 heteroatoms. The van der Waals surface area contributed by atoms with E-state index in [1.165, 1.54) is 17.2 Å². The number of imidazole rings is 1. The van der Waals surface area contributed by atoms with Crippen LogP contribution in [-0.2, 0) is 27.1 Å². The van der Waals surface area contributed by atoms with E-state index in [2.05, 4.69) is 22.2 Å². The molecule has 3 aromatic rings. The van der Waals surface area contributed by atoms with Crippen LogP contribution in [0.3, 0.4) is 0 Å². The van der Waals surface area contributed by atoms with Crippen LogP contribution in [0.25, 0.3) is 11.2 Å². The lowest BCUT2D eigenvalue weighted by Crippen LogP contribution is -2.38. The van der Waals surface area contributed by atoms with Crippen molar-refractivity contribution in [3.8, 4) is 0 Å². The number of hydrogen-bond acceptors (Lipinski definition) is 5. The van der Waals surface area contributed by atoms with Crippen molar-refractivity contribution in [1.29, 1.82) is 0 Å². The first kappa shape index (κ1) is 16.3. The molecule has 0 aliphatic carbocycles. The van der Waals surface area contributed by atoms with Crippen molar-refractivity contribution >= 4 is 22.8 Å². The fourth-order valence-electron chi connectivity index (χ4n) is 3.32. The van der Waals surface area contributed by atoms with Crippen molar-refractivity contribution in [2.45, 2.75) is 19.9 Å². The van der Waals surface area contributed by atoms with Crippen molar-refractivity contribution in [2.24, 2.45) is 19.2 Å². The van der Waals surface area contributed by atoms with E-state index >= 15 is 0 Å². The predicted octanol–water partition coefficient (Wildman–Crippen LogP) is 0.872. The molecule has 0 saturated carbocycles. The van der Waals surface area contributed by atoms with Gasteiger partial charge in [0.15, 0.2) is 11.2 Å². The maximum absolute atomic E-state index is 12.7. The predicted molar refractivity (Wildman–Crippen MR) is 101 cm³/mol. The molecular formula is C18H20N6O2. The fraction of sp³-hybridized carbons (Fsp3) is 0.333. The van der Waals surface area contributed by atoms with E-state index in [0.29, 0.717) is 30.2 Å². The summed E-state index contributed by atoms with van der Waals surface area (Å²) in [5.41, 5.74) is 2.20. The van der Waals surface area contributed by atoms with Gasteiger partial charge in [-0.1, -0.05) is 30.3 Å². The molecule has 0 atom stereocenters. The molecule has 8 nitrogen and oxygen atoms in total. The lowest BCUT2D eigenvalue weighted by Gasteiger charge is -2.24. The molecule has 4 rings (SSSR count). The highest BCUT2D eigenvalue weighted by molar-refractivity contribution is 5.87. The average molecular weight is 352 g/mol. The SMILES string of the molecule is CC1=NN(CCc2ccccc2)c2nc3c(c(=O)n(C)c(=O)n3C)n2C1. The number of anilines is 1. The Kier molecular flexibility index (Phi) is 3.75. The van der Waals surface area contributed by atoms with E-state index in [4.69, 9.17) is 0 Å². The van der Waals surface area contributed by atoms with Gasteiger partial charge in [-0.15, -0.1) is 0 Å². The minimum Gasteiger partial charge on any atom is -0.297 e. The van der Waals surface area contributed by atoms with Crippen LogP contribution in [0.15, 0.2) is 45.0 Å². The Morgan fingerprint density at radius 1 is 1.08 bits per heavy atom. The molecule has 0 radical (unpaired) electrons. The van der Waals surface area contributed by atoms with Crippen molar-refractivity contribution in [3.05, 3.63) is 56.7 Å². The van der Waals surface area contributed by atoms with Gasteiger partial charge < -0.3 is 0 Å². The number of benzene rings is 1. The summed E-state index contributed by atoms with van der Waals surface area (Å²) in [5, 5.41) is 6.42. The first-order chi connectivity index (χ1) is 12.5. The van der Waals surface area contributed by atoms with E-state index in [-0.39, 0.29) is 11.2 Å². The summed E-state index contributed by atoms with van der Waals surface area (Å²) in [6.45, 7) is 3.05. The second-order valence-corrected chi connectivity index (χ2v) is 6.57. The topological polar surface area (TPSA) is 77.4 Å². The summed E-state index contributed by atoms with van der Waals surface area (Å²) in [7, 11) is 3.12. The highest BCUT2D eigenvalue weighted by Gasteiger charge is 2.25. The molecule has 0 unspecified atom stereocenters. The Hall–Kier alpha value is -3.16. The van der Waals surface area contributed by atoms with Crippen LogP contribution in [0, 0.1) is 0 Å². The van der Waals surface area contributed by atoms with Gasteiger partial charge in [-0.25, -0.2) is 9.80 Å². The van der Waals surface area contributed by atoms with Crippen molar-refractivity contribution in [2.75, 3.05) is 11.6 Å². The van der Waals surface area contributed by atoms with Crippen LogP contribution in [0.5, 0.6) is 0 Å². The highest BCUT2D eigenvalue weighted by atomic mass is 16.2. The molecule has 2 aromatic heterocycles. The first-order valence-electron chi connectivity index (χ1n) is 8.49. The van der Waals surface area contributed by atoms with Crippen LogP contribution in [0.1, 0.15) is 12.5 Å². The Bertz CT molecular complexity index is 1140. The first-order valence-corrected chi connectivity index (χ1v) is 8.49. The zero-order chi connectivity index (χ0) is 18.4. The quantitative estimate of drug-likeness (QED) is 0.701. The van der Waals surface area contributed by atoms with Crippen LogP contribution in [0.4, 0.5) is 5.95 Å².